The number of hydrogen-bond donors (Lipinski definition) is 3. The number of carbonyl (C=O) groups is 1. The van der Waals surface area contributed by atoms with Crippen molar-refractivity contribution in [2.75, 3.05) is 11.1 Å². The largest absolute Gasteiger partial charge is 0.398 e. The molecule has 20 heavy (non-hydrogen) atoms. The second-order valence-corrected chi connectivity index (χ2v) is 4.72. The fraction of sp³-hybridized carbons (Fsp3) is 0.125. The molecule has 0 aliphatic carbocycles. The summed E-state index contributed by atoms with van der Waals surface area (Å²) in [5.74, 6) is -0.150. The Morgan fingerprint density at radius 2 is 1.80 bits per heavy atom. The van der Waals surface area contributed by atoms with Crippen LogP contribution in [0.5, 0.6) is 0 Å². The maximum Gasteiger partial charge on any atom is 0.221 e. The Hall–Kier alpha value is -2.62. The van der Waals surface area contributed by atoms with Gasteiger partial charge < -0.3 is 11.1 Å². The van der Waals surface area contributed by atoms with Crippen molar-refractivity contribution in [2.45, 2.75) is 13.8 Å². The summed E-state index contributed by atoms with van der Waals surface area (Å²) in [6, 6.07) is 12.8. The fourth-order valence-electron chi connectivity index (χ4n) is 1.93. The van der Waals surface area contributed by atoms with E-state index < -0.39 is 0 Å². The number of nitrogens with two attached hydrogens (primary N) is 1. The topological polar surface area (TPSA) is 79.0 Å². The third-order valence-corrected chi connectivity index (χ3v) is 2.98. The zero-order valence-corrected chi connectivity index (χ0v) is 11.5. The van der Waals surface area contributed by atoms with Crippen LogP contribution in [0.25, 0.3) is 0 Å². The molecular weight excluding hydrogens is 250 g/mol. The van der Waals surface area contributed by atoms with Gasteiger partial charge in [-0.25, -0.2) is 0 Å². The van der Waals surface area contributed by atoms with Gasteiger partial charge in [0.2, 0.25) is 5.91 Å². The normalized spacial score (nSPS) is 10.1. The molecule has 4 N–H and O–H groups in total. The minimum atomic E-state index is -0.150. The number of carbonyl (C=O) groups excluding carboxylic acids is 1. The van der Waals surface area contributed by atoms with Gasteiger partial charge in [-0.3, -0.25) is 10.2 Å². The van der Waals surface area contributed by atoms with E-state index in [1.54, 1.807) is 18.2 Å². The number of hydrogen-bond acceptors (Lipinski definition) is 3. The highest BCUT2D eigenvalue weighted by atomic mass is 16.1. The van der Waals surface area contributed by atoms with E-state index in [2.05, 4.69) is 5.32 Å². The highest BCUT2D eigenvalue weighted by Crippen LogP contribution is 2.21. The Bertz CT molecular complexity index is 660. The maximum atomic E-state index is 11.1. The van der Waals surface area contributed by atoms with Gasteiger partial charge in [-0.05, 0) is 25.1 Å². The average Bonchev–Trinajstić information content (AvgIpc) is 2.40. The van der Waals surface area contributed by atoms with Crippen molar-refractivity contribution in [3.05, 3.63) is 59.2 Å². The molecule has 0 fully saturated rings. The molecule has 102 valence electrons. The Morgan fingerprint density at radius 1 is 1.15 bits per heavy atom. The molecule has 0 saturated carbocycles. The summed E-state index contributed by atoms with van der Waals surface area (Å²) in [5, 5.41) is 11.0. The lowest BCUT2D eigenvalue weighted by Crippen LogP contribution is -2.09. The van der Waals surface area contributed by atoms with Crippen LogP contribution < -0.4 is 11.1 Å². The third-order valence-electron chi connectivity index (χ3n) is 2.98. The van der Waals surface area contributed by atoms with Crippen LogP contribution >= 0.6 is 0 Å². The first kappa shape index (κ1) is 13.8. The number of rotatable bonds is 3. The van der Waals surface area contributed by atoms with Crippen molar-refractivity contribution >= 4 is 23.0 Å². The van der Waals surface area contributed by atoms with Crippen LogP contribution in [0, 0.1) is 12.3 Å². The van der Waals surface area contributed by atoms with E-state index in [9.17, 15) is 4.79 Å². The zero-order valence-electron chi connectivity index (χ0n) is 11.5. The van der Waals surface area contributed by atoms with Crippen LogP contribution in [0.15, 0.2) is 42.5 Å². The zero-order chi connectivity index (χ0) is 14.7. The summed E-state index contributed by atoms with van der Waals surface area (Å²) < 4.78 is 0. The second-order valence-electron chi connectivity index (χ2n) is 4.72. The van der Waals surface area contributed by atoms with Gasteiger partial charge >= 0.3 is 0 Å². The number of amides is 1. The summed E-state index contributed by atoms with van der Waals surface area (Å²) >= 11 is 0. The third kappa shape index (κ3) is 3.03. The molecule has 1 amide bonds. The van der Waals surface area contributed by atoms with E-state index in [0.29, 0.717) is 22.6 Å². The van der Waals surface area contributed by atoms with Crippen molar-refractivity contribution in [1.29, 1.82) is 5.41 Å². The van der Waals surface area contributed by atoms with Gasteiger partial charge in [-0.15, -0.1) is 0 Å². The monoisotopic (exact) mass is 267 g/mol. The number of aryl methyl sites for hydroxylation is 1. The van der Waals surface area contributed by atoms with Crippen LogP contribution in [0.3, 0.4) is 0 Å². The van der Waals surface area contributed by atoms with E-state index in [1.165, 1.54) is 6.92 Å². The molecule has 0 unspecified atom stereocenters. The van der Waals surface area contributed by atoms with Gasteiger partial charge in [0.05, 0.1) is 5.71 Å². The van der Waals surface area contributed by atoms with Gasteiger partial charge in [-0.2, -0.15) is 0 Å². The van der Waals surface area contributed by atoms with Crippen LogP contribution in [0.4, 0.5) is 11.4 Å². The molecule has 0 spiro atoms. The Morgan fingerprint density at radius 3 is 2.40 bits per heavy atom. The van der Waals surface area contributed by atoms with Gasteiger partial charge in [0.1, 0.15) is 0 Å². The summed E-state index contributed by atoms with van der Waals surface area (Å²) in [5.41, 5.74) is 9.98. The molecule has 0 bridgehead atoms. The van der Waals surface area contributed by atoms with Crippen LogP contribution in [-0.2, 0) is 4.79 Å². The SMILES string of the molecule is CC(=O)Nc1ccc(N)c(C(=N)c2ccc(C)cc2)c1. The standard InChI is InChI=1S/C16H17N3O/c1-10-3-5-12(6-4-10)16(18)14-9-13(19-11(2)20)7-8-15(14)17/h3-9,18H,17H2,1-2H3,(H,19,20). The quantitative estimate of drug-likeness (QED) is 0.590. The second kappa shape index (κ2) is 5.57. The number of anilines is 2. The van der Waals surface area contributed by atoms with Crippen molar-refractivity contribution in [2.24, 2.45) is 0 Å². The van der Waals surface area contributed by atoms with Crippen molar-refractivity contribution in [1.82, 2.24) is 0 Å². The van der Waals surface area contributed by atoms with Gasteiger partial charge in [0.15, 0.2) is 0 Å². The number of nitrogen functional groups attached to an aromatic ring is 1. The highest BCUT2D eigenvalue weighted by molar-refractivity contribution is 6.14. The smallest absolute Gasteiger partial charge is 0.221 e. The van der Waals surface area contributed by atoms with E-state index in [1.807, 2.05) is 31.2 Å². The first-order valence-corrected chi connectivity index (χ1v) is 6.30. The molecule has 0 aliphatic heterocycles. The molecule has 0 aliphatic rings. The molecular formula is C16H17N3O. The Balaban J connectivity index is 2.38. The van der Waals surface area contributed by atoms with E-state index >= 15 is 0 Å². The lowest BCUT2D eigenvalue weighted by molar-refractivity contribution is -0.114. The first-order valence-electron chi connectivity index (χ1n) is 6.30. The van der Waals surface area contributed by atoms with E-state index in [4.69, 9.17) is 11.1 Å². The Kier molecular flexibility index (Phi) is 3.84. The van der Waals surface area contributed by atoms with Gasteiger partial charge in [0, 0.05) is 29.4 Å². The molecule has 2 aromatic rings. The van der Waals surface area contributed by atoms with Crippen molar-refractivity contribution in [3.8, 4) is 0 Å². The predicted octanol–water partition coefficient (Wildman–Crippen LogP) is 2.95. The molecule has 0 saturated heterocycles. The molecule has 2 aromatic carbocycles. The van der Waals surface area contributed by atoms with Crippen molar-refractivity contribution < 1.29 is 4.79 Å². The van der Waals surface area contributed by atoms with E-state index in [0.717, 1.165) is 11.1 Å². The maximum absolute atomic E-state index is 11.1. The van der Waals surface area contributed by atoms with Crippen LogP contribution in [0.2, 0.25) is 0 Å². The van der Waals surface area contributed by atoms with Gasteiger partial charge in [0.25, 0.3) is 0 Å². The molecule has 4 nitrogen and oxygen atoms in total. The Labute approximate surface area is 118 Å². The number of nitrogens with one attached hydrogen (secondary N) is 2. The molecule has 0 atom stereocenters. The summed E-state index contributed by atoms with van der Waals surface area (Å²) in [4.78, 5) is 11.1. The molecule has 0 radical (unpaired) electrons. The number of benzene rings is 2. The van der Waals surface area contributed by atoms with Gasteiger partial charge in [-0.1, -0.05) is 29.8 Å². The molecule has 0 heterocycles. The fourth-order valence-corrected chi connectivity index (χ4v) is 1.93. The summed E-state index contributed by atoms with van der Waals surface area (Å²) in [6.45, 7) is 3.44. The van der Waals surface area contributed by atoms with Crippen LogP contribution in [-0.4, -0.2) is 11.6 Å². The minimum Gasteiger partial charge on any atom is -0.398 e. The summed E-state index contributed by atoms with van der Waals surface area (Å²) in [6.07, 6.45) is 0. The minimum absolute atomic E-state index is 0.150. The predicted molar refractivity (Wildman–Crippen MR) is 82.3 cm³/mol. The molecule has 2 rings (SSSR count). The first-order chi connectivity index (χ1) is 9.47. The summed E-state index contributed by atoms with van der Waals surface area (Å²) in [7, 11) is 0. The average molecular weight is 267 g/mol. The molecule has 4 heteroatoms. The van der Waals surface area contributed by atoms with E-state index in [-0.39, 0.29) is 5.91 Å². The lowest BCUT2D eigenvalue weighted by Gasteiger charge is -2.11. The lowest BCUT2D eigenvalue weighted by atomic mass is 9.99. The van der Waals surface area contributed by atoms with Crippen molar-refractivity contribution in [3.63, 3.8) is 0 Å². The molecule has 0 aromatic heterocycles. The highest BCUT2D eigenvalue weighted by Gasteiger charge is 2.10. The van der Waals surface area contributed by atoms with Crippen LogP contribution in [0.1, 0.15) is 23.6 Å².